The number of pyridine rings is 1. The normalized spacial score (nSPS) is 16.5. The molecule has 1 aromatic rings. The summed E-state index contributed by atoms with van der Waals surface area (Å²) in [4.78, 5) is 18.6. The maximum atomic E-state index is 11.9. The maximum absolute atomic E-state index is 11.9. The molecule has 0 amide bonds. The monoisotopic (exact) mass is 416 g/mol. The highest BCUT2D eigenvalue weighted by molar-refractivity contribution is 5.70. The van der Waals surface area contributed by atoms with E-state index < -0.39 is 0 Å². The van der Waals surface area contributed by atoms with Gasteiger partial charge < -0.3 is 9.64 Å². The van der Waals surface area contributed by atoms with Crippen LogP contribution in [-0.2, 0) is 16.1 Å². The lowest BCUT2D eigenvalue weighted by Crippen LogP contribution is -2.22. The number of rotatable bonds is 5. The lowest BCUT2D eigenvalue weighted by molar-refractivity contribution is -0.147. The summed E-state index contributed by atoms with van der Waals surface area (Å²) in [6, 6.07) is 3.89. The highest BCUT2D eigenvalue weighted by Gasteiger charge is 2.23. The van der Waals surface area contributed by atoms with Gasteiger partial charge in [-0.05, 0) is 44.6 Å². The highest BCUT2D eigenvalue weighted by atomic mass is 16.5. The van der Waals surface area contributed by atoms with Gasteiger partial charge in [0.25, 0.3) is 0 Å². The standard InChI is InChI=1S/C17H26N2O2.C7H12.C2H6/c1-13-7-9-19(11-13)16-14(6-5-8-18-16)12-21-15(20)10-17(2,3)4;1-4-6-7(3)5-2;1-2/h5-6,8,13H,7,9-12H2,1-4H3;4-6H,1-3H3;1-2H3/b;6-4-,7-5-;. The first kappa shape index (κ1) is 27.9. The van der Waals surface area contributed by atoms with Crippen molar-refractivity contribution in [2.45, 2.75) is 81.8 Å². The summed E-state index contributed by atoms with van der Waals surface area (Å²) in [6.07, 6.45) is 9.64. The number of ether oxygens (including phenoxy) is 1. The summed E-state index contributed by atoms with van der Waals surface area (Å²) in [5, 5.41) is 0. The van der Waals surface area contributed by atoms with Crippen molar-refractivity contribution >= 4 is 11.8 Å². The fourth-order valence-corrected chi connectivity index (χ4v) is 2.96. The number of anilines is 1. The summed E-state index contributed by atoms with van der Waals surface area (Å²) in [7, 11) is 0. The fourth-order valence-electron chi connectivity index (χ4n) is 2.96. The Balaban J connectivity index is 0.000000795. The van der Waals surface area contributed by atoms with Crippen LogP contribution in [0.1, 0.15) is 80.7 Å². The number of hydrogen-bond donors (Lipinski definition) is 0. The molecule has 1 atom stereocenters. The lowest BCUT2D eigenvalue weighted by Gasteiger charge is -2.21. The molecule has 0 saturated carbocycles. The average molecular weight is 417 g/mol. The third-order valence-corrected chi connectivity index (χ3v) is 4.54. The summed E-state index contributed by atoms with van der Waals surface area (Å²) < 4.78 is 5.43. The molecule has 0 N–H and O–H groups in total. The predicted molar refractivity (Wildman–Crippen MR) is 130 cm³/mol. The molecule has 1 fully saturated rings. The molecule has 1 aliphatic heterocycles. The summed E-state index contributed by atoms with van der Waals surface area (Å²) in [6.45, 7) is 20.9. The van der Waals surface area contributed by atoms with E-state index in [0.717, 1.165) is 24.5 Å². The Labute approximate surface area is 185 Å². The van der Waals surface area contributed by atoms with Crippen molar-refractivity contribution in [3.63, 3.8) is 0 Å². The zero-order valence-corrected chi connectivity index (χ0v) is 20.8. The van der Waals surface area contributed by atoms with Gasteiger partial charge in [-0.15, -0.1) is 0 Å². The second kappa shape index (κ2) is 14.8. The largest absolute Gasteiger partial charge is 0.461 e. The first-order valence-electron chi connectivity index (χ1n) is 11.3. The fraction of sp³-hybridized carbons (Fsp3) is 0.615. The third kappa shape index (κ3) is 11.8. The molecule has 4 nitrogen and oxygen atoms in total. The van der Waals surface area contributed by atoms with Crippen LogP contribution in [0.4, 0.5) is 5.82 Å². The third-order valence-electron chi connectivity index (χ3n) is 4.54. The molecule has 30 heavy (non-hydrogen) atoms. The van der Waals surface area contributed by atoms with Gasteiger partial charge in [0, 0.05) is 24.8 Å². The number of allylic oxidation sites excluding steroid dienone is 4. The van der Waals surface area contributed by atoms with Gasteiger partial charge in [0.2, 0.25) is 0 Å². The van der Waals surface area contributed by atoms with Crippen LogP contribution >= 0.6 is 0 Å². The zero-order valence-electron chi connectivity index (χ0n) is 20.8. The molecule has 1 aliphatic rings. The van der Waals surface area contributed by atoms with Crippen LogP contribution in [0.15, 0.2) is 42.1 Å². The Morgan fingerprint density at radius 2 is 1.97 bits per heavy atom. The van der Waals surface area contributed by atoms with Crippen molar-refractivity contribution in [2.75, 3.05) is 18.0 Å². The number of esters is 1. The Hall–Kier alpha value is -2.10. The summed E-state index contributed by atoms with van der Waals surface area (Å²) >= 11 is 0. The Morgan fingerprint density at radius 3 is 2.43 bits per heavy atom. The van der Waals surface area contributed by atoms with Crippen molar-refractivity contribution in [2.24, 2.45) is 11.3 Å². The minimum atomic E-state index is -0.146. The minimum absolute atomic E-state index is 0.0424. The smallest absolute Gasteiger partial charge is 0.306 e. The predicted octanol–water partition coefficient (Wildman–Crippen LogP) is 6.96. The van der Waals surface area contributed by atoms with E-state index in [1.165, 1.54) is 12.0 Å². The summed E-state index contributed by atoms with van der Waals surface area (Å²) in [5.41, 5.74) is 2.27. The van der Waals surface area contributed by atoms with E-state index in [2.05, 4.69) is 35.9 Å². The Bertz CT molecular complexity index is 672. The molecule has 2 heterocycles. The molecule has 1 saturated heterocycles. The van der Waals surface area contributed by atoms with Gasteiger partial charge in [-0.3, -0.25) is 4.79 Å². The lowest BCUT2D eigenvalue weighted by atomic mass is 9.92. The van der Waals surface area contributed by atoms with Crippen molar-refractivity contribution < 1.29 is 9.53 Å². The van der Waals surface area contributed by atoms with Crippen molar-refractivity contribution in [1.29, 1.82) is 0 Å². The maximum Gasteiger partial charge on any atom is 0.306 e. The van der Waals surface area contributed by atoms with E-state index in [9.17, 15) is 4.79 Å². The van der Waals surface area contributed by atoms with E-state index in [1.807, 2.05) is 66.7 Å². The van der Waals surface area contributed by atoms with Crippen LogP contribution in [0.25, 0.3) is 0 Å². The number of hydrogen-bond acceptors (Lipinski definition) is 4. The Kier molecular flexibility index (Phi) is 13.8. The average Bonchev–Trinajstić information content (AvgIpc) is 3.13. The second-order valence-electron chi connectivity index (χ2n) is 8.76. The number of nitrogens with zero attached hydrogens (tertiary/aromatic N) is 2. The van der Waals surface area contributed by atoms with Gasteiger partial charge in [-0.1, -0.05) is 71.4 Å². The molecule has 170 valence electrons. The van der Waals surface area contributed by atoms with Crippen LogP contribution in [0.3, 0.4) is 0 Å². The van der Waals surface area contributed by atoms with Gasteiger partial charge in [0.1, 0.15) is 12.4 Å². The molecular weight excluding hydrogens is 372 g/mol. The number of carbonyl (C=O) groups is 1. The van der Waals surface area contributed by atoms with E-state index in [1.54, 1.807) is 6.20 Å². The number of carbonyl (C=O) groups excluding carboxylic acids is 1. The van der Waals surface area contributed by atoms with Gasteiger partial charge in [-0.2, -0.15) is 0 Å². The molecular formula is C26H44N2O2. The van der Waals surface area contributed by atoms with Crippen LogP contribution in [0.2, 0.25) is 0 Å². The SMILES string of the molecule is C/C=C\C(C)=C/C.CC.CC1CCN(c2ncccc2COC(=O)CC(C)(C)C)C1. The second-order valence-corrected chi connectivity index (χ2v) is 8.76. The van der Waals surface area contributed by atoms with Gasteiger partial charge in [-0.25, -0.2) is 4.98 Å². The van der Waals surface area contributed by atoms with E-state index in [0.29, 0.717) is 18.9 Å². The van der Waals surface area contributed by atoms with Crippen LogP contribution in [0, 0.1) is 11.3 Å². The minimum Gasteiger partial charge on any atom is -0.461 e. The van der Waals surface area contributed by atoms with Crippen molar-refractivity contribution in [3.8, 4) is 0 Å². The molecule has 4 heteroatoms. The van der Waals surface area contributed by atoms with Gasteiger partial charge >= 0.3 is 5.97 Å². The van der Waals surface area contributed by atoms with E-state index >= 15 is 0 Å². The zero-order chi connectivity index (χ0) is 23.2. The molecule has 0 spiro atoms. The number of aromatic nitrogens is 1. The molecule has 0 aromatic carbocycles. The van der Waals surface area contributed by atoms with Crippen LogP contribution in [0.5, 0.6) is 0 Å². The van der Waals surface area contributed by atoms with Crippen molar-refractivity contribution in [3.05, 3.63) is 47.7 Å². The van der Waals surface area contributed by atoms with Crippen LogP contribution < -0.4 is 4.90 Å². The topological polar surface area (TPSA) is 42.4 Å². The summed E-state index contributed by atoms with van der Waals surface area (Å²) in [5.74, 6) is 1.51. The van der Waals surface area contributed by atoms with Gasteiger partial charge in [0.15, 0.2) is 0 Å². The molecule has 2 rings (SSSR count). The first-order valence-corrected chi connectivity index (χ1v) is 11.3. The quantitative estimate of drug-likeness (QED) is 0.384. The molecule has 1 aromatic heterocycles. The first-order chi connectivity index (χ1) is 14.2. The molecule has 1 unspecified atom stereocenters. The highest BCUT2D eigenvalue weighted by Crippen LogP contribution is 2.26. The van der Waals surface area contributed by atoms with E-state index in [-0.39, 0.29) is 11.4 Å². The van der Waals surface area contributed by atoms with Crippen LogP contribution in [-0.4, -0.2) is 24.0 Å². The van der Waals surface area contributed by atoms with Gasteiger partial charge in [0.05, 0.1) is 6.42 Å². The molecule has 0 radical (unpaired) electrons. The Morgan fingerprint density at radius 1 is 1.30 bits per heavy atom. The van der Waals surface area contributed by atoms with Crippen molar-refractivity contribution in [1.82, 2.24) is 4.98 Å². The van der Waals surface area contributed by atoms with E-state index in [4.69, 9.17) is 4.74 Å². The molecule has 0 bridgehead atoms. The molecule has 0 aliphatic carbocycles.